The third-order valence-corrected chi connectivity index (χ3v) is 7.63. The van der Waals surface area contributed by atoms with Crippen LogP contribution in [0.3, 0.4) is 0 Å². The maximum atomic E-state index is 14.1. The third kappa shape index (κ3) is 3.64. The van der Waals surface area contributed by atoms with E-state index in [4.69, 9.17) is 0 Å². The van der Waals surface area contributed by atoms with E-state index in [1.807, 2.05) is 34.1 Å². The first kappa shape index (κ1) is 21.2. The fourth-order valence-corrected chi connectivity index (χ4v) is 5.82. The van der Waals surface area contributed by atoms with Crippen LogP contribution in [0.2, 0.25) is 0 Å². The van der Waals surface area contributed by atoms with Crippen molar-refractivity contribution in [2.24, 2.45) is 5.92 Å². The van der Waals surface area contributed by atoms with Crippen molar-refractivity contribution in [3.8, 4) is 5.69 Å². The Morgan fingerprint density at radius 2 is 1.68 bits per heavy atom. The average molecular weight is 454 g/mol. The highest BCUT2D eigenvalue weighted by Crippen LogP contribution is 2.43. The zero-order valence-corrected chi connectivity index (χ0v) is 19.7. The Balaban J connectivity index is 1.41. The molecule has 0 saturated heterocycles. The quantitative estimate of drug-likeness (QED) is 0.519. The van der Waals surface area contributed by atoms with Crippen molar-refractivity contribution in [1.82, 2.24) is 9.47 Å². The average Bonchev–Trinajstić information content (AvgIpc) is 3.32. The second-order valence-electron chi connectivity index (χ2n) is 10.1. The highest BCUT2D eigenvalue weighted by molar-refractivity contribution is 6.00. The molecule has 0 bridgehead atoms. The van der Waals surface area contributed by atoms with Crippen molar-refractivity contribution in [2.45, 2.75) is 57.5 Å². The van der Waals surface area contributed by atoms with E-state index in [-0.39, 0.29) is 36.4 Å². The second-order valence-corrected chi connectivity index (χ2v) is 10.1. The van der Waals surface area contributed by atoms with Crippen LogP contribution in [0.25, 0.3) is 5.69 Å². The smallest absolute Gasteiger partial charge is 0.247 e. The molecular weight excluding hydrogens is 422 g/mol. The highest BCUT2D eigenvalue weighted by Gasteiger charge is 2.41. The molecule has 2 amide bonds. The number of carbonyl (C=O) groups is 2. The summed E-state index contributed by atoms with van der Waals surface area (Å²) < 4.78 is 2.19. The molecule has 34 heavy (non-hydrogen) atoms. The van der Waals surface area contributed by atoms with Crippen molar-refractivity contribution in [1.29, 1.82) is 0 Å². The first-order valence-electron chi connectivity index (χ1n) is 12.6. The second kappa shape index (κ2) is 8.46. The fourth-order valence-electron chi connectivity index (χ4n) is 5.82. The van der Waals surface area contributed by atoms with E-state index in [0.29, 0.717) is 0 Å². The topological polar surface area (TPSA) is 45.6 Å². The molecule has 5 heteroatoms. The number of anilines is 1. The number of carbonyl (C=O) groups excluding carboxylic acids is 2. The number of hydrogen-bond donors (Lipinski definition) is 0. The zero-order chi connectivity index (χ0) is 23.2. The van der Waals surface area contributed by atoms with Crippen LogP contribution in [0.5, 0.6) is 0 Å². The highest BCUT2D eigenvalue weighted by atomic mass is 16.2. The van der Waals surface area contributed by atoms with Crippen LogP contribution in [0.4, 0.5) is 5.69 Å². The maximum absolute atomic E-state index is 14.1. The number of aryl methyl sites for hydroxylation is 1. The Morgan fingerprint density at radius 1 is 0.912 bits per heavy atom. The summed E-state index contributed by atoms with van der Waals surface area (Å²) in [7, 11) is 0. The third-order valence-electron chi connectivity index (χ3n) is 7.63. The molecular formula is C29H31N3O2. The number of nitrogens with zero attached hydrogens (tertiary/aromatic N) is 3. The largest absolute Gasteiger partial charge is 0.330 e. The lowest BCUT2D eigenvalue weighted by atomic mass is 9.96. The molecule has 5 nitrogen and oxygen atoms in total. The normalized spacial score (nSPS) is 19.6. The fraction of sp³-hybridized carbons (Fsp3) is 0.379. The van der Waals surface area contributed by atoms with Crippen molar-refractivity contribution in [3.05, 3.63) is 83.7 Å². The summed E-state index contributed by atoms with van der Waals surface area (Å²) in [6.45, 7) is 2.23. The predicted octanol–water partition coefficient (Wildman–Crippen LogP) is 5.40. The summed E-state index contributed by atoms with van der Waals surface area (Å²) in [6.07, 6.45) is 8.24. The molecule has 2 aliphatic carbocycles. The Morgan fingerprint density at radius 3 is 2.41 bits per heavy atom. The summed E-state index contributed by atoms with van der Waals surface area (Å²) in [5.41, 5.74) is 5.21. The van der Waals surface area contributed by atoms with E-state index in [9.17, 15) is 9.59 Å². The molecule has 2 fully saturated rings. The van der Waals surface area contributed by atoms with Gasteiger partial charge in [0.25, 0.3) is 0 Å². The van der Waals surface area contributed by atoms with E-state index in [1.165, 1.54) is 0 Å². The van der Waals surface area contributed by atoms with Crippen molar-refractivity contribution < 1.29 is 9.59 Å². The van der Waals surface area contributed by atoms with Gasteiger partial charge in [-0.25, -0.2) is 0 Å². The molecule has 0 N–H and O–H groups in total. The SMILES string of the molecule is Cc1cccc(C2c3cccn3-c3ccccc3N2C(=O)CN(C(=O)C2CCCC2)C2CC2)c1. The number of benzene rings is 2. The van der Waals surface area contributed by atoms with Gasteiger partial charge in [0.1, 0.15) is 12.6 Å². The molecule has 0 radical (unpaired) electrons. The Kier molecular flexibility index (Phi) is 5.28. The van der Waals surface area contributed by atoms with E-state index in [2.05, 4.69) is 54.1 Å². The molecule has 6 rings (SSSR count). The number of fused-ring (bicyclic) bond motifs is 3. The standard InChI is InChI=1S/C29H31N3O2/c1-20-8-6-11-22(18-20)28-26-14-7-17-30(26)24-12-4-5-13-25(24)32(28)27(33)19-31(23-15-16-23)29(34)21-9-2-3-10-21/h4-8,11-14,17-18,21,23,28H,2-3,9-10,15-16,19H2,1H3. The van der Waals surface area contributed by atoms with Gasteiger partial charge in [-0.05, 0) is 62.4 Å². The van der Waals surface area contributed by atoms with E-state index in [1.54, 1.807) is 0 Å². The van der Waals surface area contributed by atoms with Gasteiger partial charge in [-0.15, -0.1) is 0 Å². The van der Waals surface area contributed by atoms with Crippen LogP contribution < -0.4 is 4.90 Å². The van der Waals surface area contributed by atoms with Crippen LogP contribution in [-0.4, -0.2) is 33.9 Å². The lowest BCUT2D eigenvalue weighted by Crippen LogP contribution is -2.48. The van der Waals surface area contributed by atoms with Gasteiger partial charge in [0, 0.05) is 18.2 Å². The van der Waals surface area contributed by atoms with Crippen molar-refractivity contribution >= 4 is 17.5 Å². The number of amides is 2. The number of aromatic nitrogens is 1. The number of para-hydroxylation sites is 2. The summed E-state index contributed by atoms with van der Waals surface area (Å²) >= 11 is 0. The van der Waals surface area contributed by atoms with Gasteiger partial charge in [-0.3, -0.25) is 14.5 Å². The monoisotopic (exact) mass is 453 g/mol. The lowest BCUT2D eigenvalue weighted by molar-refractivity contribution is -0.139. The van der Waals surface area contributed by atoms with E-state index >= 15 is 0 Å². The van der Waals surface area contributed by atoms with Gasteiger partial charge in [0.05, 0.1) is 17.1 Å². The first-order valence-corrected chi connectivity index (χ1v) is 12.6. The summed E-state index contributed by atoms with van der Waals surface area (Å²) in [5, 5.41) is 0. The molecule has 0 spiro atoms. The minimum absolute atomic E-state index is 0.00958. The molecule has 1 aliphatic heterocycles. The number of hydrogen-bond acceptors (Lipinski definition) is 2. The molecule has 2 saturated carbocycles. The molecule has 3 aliphatic rings. The van der Waals surface area contributed by atoms with Gasteiger partial charge in [-0.2, -0.15) is 0 Å². The van der Waals surface area contributed by atoms with Crippen LogP contribution in [0.1, 0.15) is 61.4 Å². The Labute approximate surface area is 201 Å². The summed E-state index contributed by atoms with van der Waals surface area (Å²) in [5.74, 6) is 0.269. The van der Waals surface area contributed by atoms with Crippen LogP contribution >= 0.6 is 0 Å². The van der Waals surface area contributed by atoms with Crippen LogP contribution in [0, 0.1) is 12.8 Å². The molecule has 174 valence electrons. The van der Waals surface area contributed by atoms with Crippen molar-refractivity contribution in [2.75, 3.05) is 11.4 Å². The molecule has 1 unspecified atom stereocenters. The van der Waals surface area contributed by atoms with Crippen LogP contribution in [0.15, 0.2) is 66.9 Å². The van der Waals surface area contributed by atoms with Crippen LogP contribution in [-0.2, 0) is 9.59 Å². The Bertz CT molecular complexity index is 1240. The first-order chi connectivity index (χ1) is 16.6. The van der Waals surface area contributed by atoms with Gasteiger partial charge in [-0.1, -0.05) is 54.8 Å². The predicted molar refractivity (Wildman–Crippen MR) is 133 cm³/mol. The van der Waals surface area contributed by atoms with Gasteiger partial charge in [0.15, 0.2) is 0 Å². The molecule has 2 heterocycles. The molecule has 3 aromatic rings. The molecule has 1 atom stereocenters. The molecule has 2 aromatic carbocycles. The number of rotatable bonds is 5. The summed E-state index contributed by atoms with van der Waals surface area (Å²) in [4.78, 5) is 31.4. The summed E-state index contributed by atoms with van der Waals surface area (Å²) in [6, 6.07) is 20.6. The lowest BCUT2D eigenvalue weighted by Gasteiger charge is -2.40. The Hall–Kier alpha value is -3.34. The maximum Gasteiger partial charge on any atom is 0.247 e. The van der Waals surface area contributed by atoms with Gasteiger partial charge < -0.3 is 9.47 Å². The van der Waals surface area contributed by atoms with Crippen molar-refractivity contribution in [3.63, 3.8) is 0 Å². The zero-order valence-electron chi connectivity index (χ0n) is 19.7. The minimum Gasteiger partial charge on any atom is -0.330 e. The van der Waals surface area contributed by atoms with E-state index < -0.39 is 0 Å². The molecule has 1 aromatic heterocycles. The van der Waals surface area contributed by atoms with Gasteiger partial charge in [0.2, 0.25) is 11.8 Å². The van der Waals surface area contributed by atoms with E-state index in [0.717, 1.165) is 66.7 Å². The van der Waals surface area contributed by atoms with Gasteiger partial charge >= 0.3 is 0 Å². The minimum atomic E-state index is -0.236.